The summed E-state index contributed by atoms with van der Waals surface area (Å²) in [6, 6.07) is 12.7. The molecule has 0 radical (unpaired) electrons. The highest BCUT2D eigenvalue weighted by Gasteiger charge is 2.16. The van der Waals surface area contributed by atoms with Gasteiger partial charge in [0.05, 0.1) is 0 Å². The second kappa shape index (κ2) is 10.9. The Morgan fingerprint density at radius 2 is 1.86 bits per heavy atom. The average molecular weight is 387 g/mol. The molecule has 0 unspecified atom stereocenters. The van der Waals surface area contributed by atoms with Crippen molar-refractivity contribution in [3.05, 3.63) is 70.5 Å². The van der Waals surface area contributed by atoms with Crippen molar-refractivity contribution in [3.8, 4) is 0 Å². The van der Waals surface area contributed by atoms with E-state index in [-0.39, 0.29) is 18.4 Å². The van der Waals surface area contributed by atoms with Gasteiger partial charge in [0.1, 0.15) is 18.5 Å². The maximum absolute atomic E-state index is 13.2. The van der Waals surface area contributed by atoms with E-state index in [1.807, 2.05) is 6.92 Å². The Labute approximate surface area is 166 Å². The number of hydrogen-bond donors (Lipinski definition) is 1. The second-order valence-electron chi connectivity index (χ2n) is 7.31. The highest BCUT2D eigenvalue weighted by Crippen LogP contribution is 2.16. The third-order valence-corrected chi connectivity index (χ3v) is 4.57. The van der Waals surface area contributed by atoms with Gasteiger partial charge in [-0.3, -0.25) is 9.69 Å². The minimum atomic E-state index is -0.785. The Morgan fingerprint density at radius 1 is 1.14 bits per heavy atom. The van der Waals surface area contributed by atoms with Crippen LogP contribution >= 0.6 is 0 Å². The summed E-state index contributed by atoms with van der Waals surface area (Å²) in [5.74, 6) is -0.562. The molecule has 2 aromatic carbocycles. The number of carbonyl (C=O) groups excluding carboxylic acids is 1. The average Bonchev–Trinajstić information content (AvgIpc) is 2.64. The van der Waals surface area contributed by atoms with Crippen molar-refractivity contribution < 1.29 is 19.0 Å². The smallest absolute Gasteiger partial charge is 0.305 e. The van der Waals surface area contributed by atoms with Crippen molar-refractivity contribution in [2.24, 2.45) is 0 Å². The van der Waals surface area contributed by atoms with E-state index in [9.17, 15) is 14.3 Å². The molecular formula is C23H30FNO3. The molecule has 0 bridgehead atoms. The number of carbonyl (C=O) groups is 1. The predicted octanol–water partition coefficient (Wildman–Crippen LogP) is 4.15. The van der Waals surface area contributed by atoms with E-state index in [1.54, 1.807) is 12.1 Å². The van der Waals surface area contributed by atoms with Gasteiger partial charge in [0, 0.05) is 26.1 Å². The van der Waals surface area contributed by atoms with Crippen LogP contribution in [0.3, 0.4) is 0 Å². The van der Waals surface area contributed by atoms with Gasteiger partial charge in [-0.05, 0) is 49.1 Å². The van der Waals surface area contributed by atoms with Crippen molar-refractivity contribution in [2.45, 2.75) is 52.8 Å². The van der Waals surface area contributed by atoms with E-state index in [2.05, 4.69) is 36.9 Å². The molecule has 0 aliphatic carbocycles. The maximum Gasteiger partial charge on any atom is 0.305 e. The molecule has 0 heterocycles. The lowest BCUT2D eigenvalue weighted by Gasteiger charge is -2.26. The molecular weight excluding hydrogens is 357 g/mol. The largest absolute Gasteiger partial charge is 0.463 e. The number of benzene rings is 2. The lowest BCUT2D eigenvalue weighted by Crippen LogP contribution is -2.35. The summed E-state index contributed by atoms with van der Waals surface area (Å²) in [6.45, 7) is 7.57. The van der Waals surface area contributed by atoms with Gasteiger partial charge >= 0.3 is 5.97 Å². The number of aliphatic hydroxyl groups is 1. The van der Waals surface area contributed by atoms with Crippen molar-refractivity contribution in [1.82, 2.24) is 4.90 Å². The number of halogens is 1. The van der Waals surface area contributed by atoms with Crippen molar-refractivity contribution in [1.29, 1.82) is 0 Å². The van der Waals surface area contributed by atoms with Gasteiger partial charge in [0.15, 0.2) is 0 Å². The van der Waals surface area contributed by atoms with Gasteiger partial charge in [0.25, 0.3) is 0 Å². The highest BCUT2D eigenvalue weighted by atomic mass is 19.1. The molecule has 152 valence electrons. The van der Waals surface area contributed by atoms with Gasteiger partial charge in [-0.2, -0.15) is 0 Å². The number of aliphatic hydroxyl groups excluding tert-OH is 1. The first-order valence-electron chi connectivity index (χ1n) is 9.74. The summed E-state index contributed by atoms with van der Waals surface area (Å²) < 4.78 is 18.3. The fourth-order valence-electron chi connectivity index (χ4n) is 3.11. The van der Waals surface area contributed by atoms with E-state index in [0.29, 0.717) is 26.1 Å². The van der Waals surface area contributed by atoms with Crippen molar-refractivity contribution in [3.63, 3.8) is 0 Å². The third kappa shape index (κ3) is 7.41. The van der Waals surface area contributed by atoms with Crippen LogP contribution in [0.2, 0.25) is 0 Å². The minimum absolute atomic E-state index is 0.0222. The van der Waals surface area contributed by atoms with E-state index in [4.69, 9.17) is 4.74 Å². The monoisotopic (exact) mass is 387 g/mol. The minimum Gasteiger partial charge on any atom is -0.463 e. The molecule has 4 nitrogen and oxygen atoms in total. The highest BCUT2D eigenvalue weighted by molar-refractivity contribution is 5.69. The molecule has 1 N–H and O–H groups in total. The first kappa shape index (κ1) is 22.1. The topological polar surface area (TPSA) is 49.8 Å². The zero-order valence-electron chi connectivity index (χ0n) is 17.0. The first-order valence-corrected chi connectivity index (χ1v) is 9.74. The number of esters is 1. The predicted molar refractivity (Wildman–Crippen MR) is 108 cm³/mol. The molecule has 5 heteroatoms. The number of rotatable bonds is 10. The zero-order valence-corrected chi connectivity index (χ0v) is 17.0. The molecule has 0 aliphatic rings. The van der Waals surface area contributed by atoms with Crippen LogP contribution in [0.1, 0.15) is 42.0 Å². The summed E-state index contributed by atoms with van der Waals surface area (Å²) in [6.07, 6.45) is 0.291. The molecule has 0 fully saturated rings. The Morgan fingerprint density at radius 3 is 2.50 bits per heavy atom. The quantitative estimate of drug-likeness (QED) is 0.622. The normalized spacial score (nSPS) is 12.2. The lowest BCUT2D eigenvalue weighted by atomic mass is 10.0. The van der Waals surface area contributed by atoms with Crippen LogP contribution in [0.15, 0.2) is 42.5 Å². The standard InChI is InChI=1S/C23H30FNO3/c1-4-5-23(27)28-16-22(26)15-25(13-19-7-10-21(24)11-8-19)14-20-9-6-17(2)12-18(20)3/h6-12,22,26H,4-5,13-16H2,1-3H3/t22-/m1/s1. The molecule has 2 rings (SSSR count). The van der Waals surface area contributed by atoms with Gasteiger partial charge in [-0.25, -0.2) is 4.39 Å². The van der Waals surface area contributed by atoms with Crippen LogP contribution in [0.25, 0.3) is 0 Å². The lowest BCUT2D eigenvalue weighted by molar-refractivity contribution is -0.147. The fraction of sp³-hybridized carbons (Fsp3) is 0.435. The van der Waals surface area contributed by atoms with Gasteiger partial charge < -0.3 is 9.84 Å². The molecule has 28 heavy (non-hydrogen) atoms. The number of ether oxygens (including phenoxy) is 1. The van der Waals surface area contributed by atoms with Crippen molar-refractivity contribution in [2.75, 3.05) is 13.2 Å². The molecule has 1 atom stereocenters. The maximum atomic E-state index is 13.2. The molecule has 0 saturated heterocycles. The molecule has 0 amide bonds. The van der Waals surface area contributed by atoms with Crippen LogP contribution in [0.4, 0.5) is 4.39 Å². The van der Waals surface area contributed by atoms with Crippen LogP contribution in [0.5, 0.6) is 0 Å². The summed E-state index contributed by atoms with van der Waals surface area (Å²) >= 11 is 0. The SMILES string of the molecule is CCCC(=O)OC[C@H](O)CN(Cc1ccc(F)cc1)Cc1ccc(C)cc1C. The molecule has 0 spiro atoms. The molecule has 0 aliphatic heterocycles. The fourth-order valence-corrected chi connectivity index (χ4v) is 3.11. The van der Waals surface area contributed by atoms with Crippen LogP contribution in [0, 0.1) is 19.7 Å². The summed E-state index contributed by atoms with van der Waals surface area (Å²) in [5.41, 5.74) is 4.52. The summed E-state index contributed by atoms with van der Waals surface area (Å²) in [4.78, 5) is 13.6. The third-order valence-electron chi connectivity index (χ3n) is 4.57. The van der Waals surface area contributed by atoms with Gasteiger partial charge in [0.2, 0.25) is 0 Å². The second-order valence-corrected chi connectivity index (χ2v) is 7.31. The molecule has 2 aromatic rings. The summed E-state index contributed by atoms with van der Waals surface area (Å²) in [7, 11) is 0. The Kier molecular flexibility index (Phi) is 8.61. The van der Waals surface area contributed by atoms with E-state index < -0.39 is 6.10 Å². The first-order chi connectivity index (χ1) is 13.4. The summed E-state index contributed by atoms with van der Waals surface area (Å²) in [5, 5.41) is 10.4. The Balaban J connectivity index is 2.06. The molecule has 0 saturated carbocycles. The molecule has 0 aromatic heterocycles. The number of nitrogens with zero attached hydrogens (tertiary/aromatic N) is 1. The van der Waals surface area contributed by atoms with E-state index >= 15 is 0 Å². The Bertz CT molecular complexity index is 761. The zero-order chi connectivity index (χ0) is 20.5. The number of hydrogen-bond acceptors (Lipinski definition) is 4. The number of aryl methyl sites for hydroxylation is 2. The van der Waals surface area contributed by atoms with Gasteiger partial charge in [-0.1, -0.05) is 42.8 Å². The van der Waals surface area contributed by atoms with Gasteiger partial charge in [-0.15, -0.1) is 0 Å². The van der Waals surface area contributed by atoms with E-state index in [0.717, 1.165) is 12.0 Å². The van der Waals surface area contributed by atoms with Crippen LogP contribution in [-0.4, -0.2) is 35.2 Å². The Hall–Kier alpha value is -2.24. The van der Waals surface area contributed by atoms with Crippen molar-refractivity contribution >= 4 is 5.97 Å². The van der Waals surface area contributed by atoms with Crippen LogP contribution < -0.4 is 0 Å². The van der Waals surface area contributed by atoms with E-state index in [1.165, 1.54) is 28.8 Å². The van der Waals surface area contributed by atoms with Crippen LogP contribution in [-0.2, 0) is 22.6 Å².